The molecule has 0 aromatic heterocycles. The van der Waals surface area contributed by atoms with E-state index in [0.717, 1.165) is 29.2 Å². The van der Waals surface area contributed by atoms with Gasteiger partial charge in [0.05, 0.1) is 37.9 Å². The van der Waals surface area contributed by atoms with Crippen molar-refractivity contribution in [2.24, 2.45) is 39.9 Å². The Morgan fingerprint density at radius 1 is 0.556 bits per heavy atom. The number of rotatable bonds is 38. The van der Waals surface area contributed by atoms with E-state index in [9.17, 15) is 73.2 Å². The molecule has 0 saturated heterocycles. The number of guanidine groups is 1. The molecule has 0 unspecified atom stereocenters. The lowest BCUT2D eigenvalue weighted by Crippen LogP contribution is -2.63. The van der Waals surface area contributed by atoms with Crippen molar-refractivity contribution in [3.05, 3.63) is 131 Å². The van der Waals surface area contributed by atoms with Crippen molar-refractivity contribution in [1.29, 1.82) is 0 Å². The molecule has 0 spiro atoms. The summed E-state index contributed by atoms with van der Waals surface area (Å²) in [6.07, 6.45) is -5.23. The number of carbonyl (C=O) groups is 11. The van der Waals surface area contributed by atoms with Crippen LogP contribution >= 0.6 is 0 Å². The summed E-state index contributed by atoms with van der Waals surface area (Å²) in [5, 5.41) is 65.9. The Hall–Kier alpha value is -10.2. The smallest absolute Gasteiger partial charge is 0.408 e. The monoisotopic (exact) mass is 1380 g/mol. The van der Waals surface area contributed by atoms with Crippen LogP contribution in [0.15, 0.2) is 114 Å². The minimum atomic E-state index is -1.83. The summed E-state index contributed by atoms with van der Waals surface area (Å²) < 4.78 is 10.9. The summed E-state index contributed by atoms with van der Waals surface area (Å²) in [4.78, 5) is 155. The number of amides is 10. The molecule has 20 N–H and O–H groups in total. The number of carbonyl (C=O) groups excluding carboxylic acids is 10. The first-order valence-corrected chi connectivity index (χ1v) is 32.6. The summed E-state index contributed by atoms with van der Waals surface area (Å²) >= 11 is 0. The number of carboxylic acids is 1. The lowest BCUT2D eigenvalue weighted by molar-refractivity contribution is -0.143. The predicted molar refractivity (Wildman–Crippen MR) is 363 cm³/mol. The summed E-state index contributed by atoms with van der Waals surface area (Å²) in [5.41, 5.74) is 22.6. The average molecular weight is 1380 g/mol. The Morgan fingerprint density at radius 3 is 1.65 bits per heavy atom. The standard InChI is InChI=1S/C68H94N14O17/c1-8-38(6)53(62(91)80-54(39(7)84)61(90)73-32-51(85)75-49(60(89)78-50(33-83)65(94)95)31-74-67(96)99-35-46-44-26-17-15-24-42(44)43-25-16-18-27-45(43)46)79-58(87)47(28-19-29-72-66(70)71)76-59(88)48(30-36(2)3)77-64(93)56(57(86)37(4)5)81-63(92)55(52(69)41-22-13-10-14-23-41)82-68(97)98-34-40-20-11-9-12-21-40/h9-18,20-27,36-39,46-50,52-57,83-84,86H,8,19,28-35,69H2,1-7H3,(H,73,90)(H,74,96)(H,75,85)(H,76,88)(H,77,93)(H,78,89)(H,79,87)(H,80,91)(H,81,92)(H,82,97)(H,94,95)(H4,70,71,72)/t38-,39-,47+,48-,49-,50-,52+,53-,54-,55-,56-,57+/m0/s1. The van der Waals surface area contributed by atoms with Crippen molar-refractivity contribution in [2.45, 2.75) is 153 Å². The van der Waals surface area contributed by atoms with E-state index < -0.39 is 164 Å². The van der Waals surface area contributed by atoms with Crippen molar-refractivity contribution in [3.8, 4) is 11.1 Å². The van der Waals surface area contributed by atoms with Gasteiger partial charge >= 0.3 is 18.2 Å². The first-order valence-electron chi connectivity index (χ1n) is 32.6. The van der Waals surface area contributed by atoms with Crippen LogP contribution in [0.5, 0.6) is 0 Å². The van der Waals surface area contributed by atoms with Gasteiger partial charge < -0.3 is 100 Å². The molecule has 10 amide bonds. The number of benzene rings is 4. The summed E-state index contributed by atoms with van der Waals surface area (Å²) in [6, 6.07) is 17.8. The molecule has 0 bridgehead atoms. The van der Waals surface area contributed by atoms with Gasteiger partial charge in [0.25, 0.3) is 0 Å². The molecule has 0 saturated carbocycles. The van der Waals surface area contributed by atoms with E-state index in [1.807, 2.05) is 48.5 Å². The topological polar surface area (TPSA) is 498 Å². The molecular formula is C68H94N14O17. The zero-order valence-electron chi connectivity index (χ0n) is 56.4. The molecule has 0 heterocycles. The Bertz CT molecular complexity index is 3390. The molecular weight excluding hydrogens is 1280 g/mol. The number of aliphatic carboxylic acids is 1. The van der Waals surface area contributed by atoms with E-state index in [0.29, 0.717) is 11.1 Å². The molecule has 0 fully saturated rings. The maximum Gasteiger partial charge on any atom is 0.408 e. The minimum absolute atomic E-state index is 0.0312. The Morgan fingerprint density at radius 2 is 1.08 bits per heavy atom. The van der Waals surface area contributed by atoms with Gasteiger partial charge in [-0.15, -0.1) is 0 Å². The molecule has 99 heavy (non-hydrogen) atoms. The molecule has 4 aromatic carbocycles. The van der Waals surface area contributed by atoms with Crippen LogP contribution in [0.2, 0.25) is 0 Å². The van der Waals surface area contributed by atoms with Crippen LogP contribution in [0.1, 0.15) is 108 Å². The Labute approximate surface area is 573 Å². The maximum atomic E-state index is 14.6. The molecule has 0 radical (unpaired) electrons. The number of fused-ring (bicyclic) bond motifs is 3. The van der Waals surface area contributed by atoms with Crippen molar-refractivity contribution in [2.75, 3.05) is 32.8 Å². The third-order valence-corrected chi connectivity index (χ3v) is 16.4. The average Bonchev–Trinajstić information content (AvgIpc) is 1.62. The number of aliphatic hydroxyl groups excluding tert-OH is 3. The highest BCUT2D eigenvalue weighted by atomic mass is 16.6. The van der Waals surface area contributed by atoms with Crippen LogP contribution < -0.4 is 70.4 Å². The molecule has 12 atom stereocenters. The SMILES string of the molecule is CC[C@H](C)[C@H](NC(=O)[C@@H](CCCN=C(N)N)NC(=O)[C@H](CC(C)C)NC(=O)[C@@H](NC(=O)[C@@H](NC(=O)OCc1ccccc1)[C@H](N)c1ccccc1)[C@H](O)C(C)C)C(=O)N[C@H](C(=O)NCC(=O)N[C@@H](CNC(=O)OCC1c2ccccc2-c2ccccc21)C(=O)N[C@@H](CO)C(=O)O)[C@H](C)O. The molecule has 31 nitrogen and oxygen atoms in total. The normalized spacial score (nSPS) is 15.2. The van der Waals surface area contributed by atoms with Gasteiger partial charge in [0, 0.05) is 12.5 Å². The van der Waals surface area contributed by atoms with Crippen molar-refractivity contribution in [3.63, 3.8) is 0 Å². The first-order chi connectivity index (χ1) is 47.0. The van der Waals surface area contributed by atoms with E-state index in [1.54, 1.807) is 102 Å². The van der Waals surface area contributed by atoms with E-state index in [4.69, 9.17) is 26.7 Å². The van der Waals surface area contributed by atoms with Gasteiger partial charge in [0.2, 0.25) is 47.3 Å². The quantitative estimate of drug-likeness (QED) is 0.0155. The number of nitrogens with two attached hydrogens (primary N) is 3. The van der Waals surface area contributed by atoms with Crippen LogP contribution in [0.25, 0.3) is 11.1 Å². The van der Waals surface area contributed by atoms with Gasteiger partial charge in [-0.25, -0.2) is 14.4 Å². The zero-order valence-corrected chi connectivity index (χ0v) is 56.4. The summed E-state index contributed by atoms with van der Waals surface area (Å²) in [6.45, 7) is 8.09. The van der Waals surface area contributed by atoms with Crippen molar-refractivity contribution in [1.82, 2.24) is 53.2 Å². The summed E-state index contributed by atoms with van der Waals surface area (Å²) in [5.74, 6) is -12.2. The lowest BCUT2D eigenvalue weighted by Gasteiger charge is -2.32. The largest absolute Gasteiger partial charge is 0.480 e. The number of hydrogen-bond donors (Lipinski definition) is 17. The van der Waals surface area contributed by atoms with Crippen molar-refractivity contribution < 1.29 is 82.6 Å². The first kappa shape index (κ1) is 79.4. The number of aliphatic hydroxyl groups is 3. The molecule has 538 valence electrons. The molecule has 5 rings (SSSR count). The predicted octanol–water partition coefficient (Wildman–Crippen LogP) is -0.350. The highest BCUT2D eigenvalue weighted by Gasteiger charge is 2.40. The molecule has 31 heteroatoms. The van der Waals surface area contributed by atoms with Gasteiger partial charge in [0.15, 0.2) is 5.96 Å². The van der Waals surface area contributed by atoms with Gasteiger partial charge in [-0.1, -0.05) is 157 Å². The van der Waals surface area contributed by atoms with Crippen LogP contribution in [-0.4, -0.2) is 185 Å². The molecule has 0 aliphatic heterocycles. The Kier molecular flexibility index (Phi) is 31.5. The second kappa shape index (κ2) is 39.2. The number of alkyl carbamates (subject to hydrolysis) is 2. The van der Waals surface area contributed by atoms with E-state index >= 15 is 0 Å². The molecule has 1 aliphatic rings. The van der Waals surface area contributed by atoms with Crippen LogP contribution in [0.4, 0.5) is 9.59 Å². The highest BCUT2D eigenvalue weighted by Crippen LogP contribution is 2.44. The molecule has 4 aromatic rings. The van der Waals surface area contributed by atoms with Gasteiger partial charge in [0.1, 0.15) is 61.5 Å². The zero-order chi connectivity index (χ0) is 73.0. The third kappa shape index (κ3) is 24.4. The minimum Gasteiger partial charge on any atom is -0.480 e. The van der Waals surface area contributed by atoms with Crippen molar-refractivity contribution >= 4 is 71.4 Å². The summed E-state index contributed by atoms with van der Waals surface area (Å²) in [7, 11) is 0. The number of nitrogens with zero attached hydrogens (tertiary/aromatic N) is 1. The van der Waals surface area contributed by atoms with Gasteiger partial charge in [-0.3, -0.25) is 43.3 Å². The highest BCUT2D eigenvalue weighted by molar-refractivity contribution is 5.98. The number of ether oxygens (including phenoxy) is 2. The van der Waals surface area contributed by atoms with Gasteiger partial charge in [-0.2, -0.15) is 0 Å². The van der Waals surface area contributed by atoms with Crippen LogP contribution in [0.3, 0.4) is 0 Å². The molecule has 1 aliphatic carbocycles. The van der Waals surface area contributed by atoms with Gasteiger partial charge in [-0.05, 0) is 77.3 Å². The fraction of sp³-hybridized carbons (Fsp3) is 0.471. The van der Waals surface area contributed by atoms with Crippen LogP contribution in [0, 0.1) is 17.8 Å². The Balaban J connectivity index is 1.29. The second-order valence-electron chi connectivity index (χ2n) is 24.8. The number of nitrogens with one attached hydrogen (secondary N) is 10. The third-order valence-electron chi connectivity index (χ3n) is 16.4. The lowest BCUT2D eigenvalue weighted by atomic mass is 9.95. The van der Waals surface area contributed by atoms with E-state index in [2.05, 4.69) is 58.2 Å². The second-order valence-corrected chi connectivity index (χ2v) is 24.8. The number of hydrogen-bond acceptors (Lipinski definition) is 18. The van der Waals surface area contributed by atoms with Crippen LogP contribution in [-0.2, 0) is 59.2 Å². The van der Waals surface area contributed by atoms with E-state index in [1.165, 1.54) is 0 Å². The fourth-order valence-corrected chi connectivity index (χ4v) is 10.6. The maximum absolute atomic E-state index is 14.6. The number of carboxylic acid groups (broad SMARTS) is 1. The van der Waals surface area contributed by atoms with E-state index in [-0.39, 0.29) is 63.2 Å². The number of aliphatic imine (C=N–C) groups is 1. The fourth-order valence-electron chi connectivity index (χ4n) is 10.6.